The Morgan fingerprint density at radius 1 is 1.07 bits per heavy atom. The molecule has 1 atom stereocenters. The van der Waals surface area contributed by atoms with Gasteiger partial charge >= 0.3 is 0 Å². The van der Waals surface area contributed by atoms with Crippen molar-refractivity contribution >= 4 is 33.2 Å². The van der Waals surface area contributed by atoms with Crippen LogP contribution in [-0.4, -0.2) is 68.2 Å². The molecule has 1 saturated heterocycles. The van der Waals surface area contributed by atoms with Gasteiger partial charge in [-0.25, -0.2) is 12.8 Å². The number of nitrogens with zero attached hydrogens (tertiary/aromatic N) is 2. The van der Waals surface area contributed by atoms with E-state index in [2.05, 4.69) is 0 Å². The van der Waals surface area contributed by atoms with E-state index in [1.54, 1.807) is 24.3 Å². The summed E-state index contributed by atoms with van der Waals surface area (Å²) in [6.07, 6.45) is -0.745. The van der Waals surface area contributed by atoms with Gasteiger partial charge in [0.25, 0.3) is 0 Å². The van der Waals surface area contributed by atoms with Gasteiger partial charge in [-0.05, 0) is 30.3 Å². The Morgan fingerprint density at radius 3 is 2.41 bits per heavy atom. The van der Waals surface area contributed by atoms with Crippen LogP contribution in [0.4, 0.5) is 4.39 Å². The fourth-order valence-electron chi connectivity index (χ4n) is 3.04. The summed E-state index contributed by atoms with van der Waals surface area (Å²) < 4.78 is 45.6. The Labute approximate surface area is 179 Å². The second kappa shape index (κ2) is 9.59. The Kier molecular flexibility index (Phi) is 7.37. The third kappa shape index (κ3) is 5.59. The summed E-state index contributed by atoms with van der Waals surface area (Å²) in [6.45, 7) is 1.86. The molecular formula is C19H21Cl2FN2O4S. The van der Waals surface area contributed by atoms with Crippen LogP contribution in [-0.2, 0) is 10.0 Å². The van der Waals surface area contributed by atoms with Gasteiger partial charge in [0.05, 0.1) is 14.9 Å². The summed E-state index contributed by atoms with van der Waals surface area (Å²) in [5.41, 5.74) is 0. The van der Waals surface area contributed by atoms with Crippen LogP contribution in [0, 0.1) is 5.82 Å². The summed E-state index contributed by atoms with van der Waals surface area (Å²) in [4.78, 5) is 1.93. The highest BCUT2D eigenvalue weighted by Gasteiger charge is 2.29. The number of sulfonamides is 1. The highest BCUT2D eigenvalue weighted by atomic mass is 35.5. The molecule has 0 aliphatic carbocycles. The van der Waals surface area contributed by atoms with Gasteiger partial charge in [-0.1, -0.05) is 35.3 Å². The van der Waals surface area contributed by atoms with Crippen molar-refractivity contribution in [1.29, 1.82) is 0 Å². The minimum absolute atomic E-state index is 0.0366. The van der Waals surface area contributed by atoms with Crippen LogP contribution in [0.25, 0.3) is 0 Å². The maximum atomic E-state index is 13.3. The minimum atomic E-state index is -3.75. The Hall–Kier alpha value is -1.42. The Balaban J connectivity index is 1.50. The number of hydrogen-bond donors (Lipinski definition) is 1. The molecule has 29 heavy (non-hydrogen) atoms. The van der Waals surface area contributed by atoms with Crippen molar-refractivity contribution in [1.82, 2.24) is 9.21 Å². The van der Waals surface area contributed by atoms with Crippen LogP contribution >= 0.6 is 23.2 Å². The maximum Gasteiger partial charge on any atom is 0.243 e. The predicted molar refractivity (Wildman–Crippen MR) is 110 cm³/mol. The van der Waals surface area contributed by atoms with Gasteiger partial charge in [0, 0.05) is 32.7 Å². The van der Waals surface area contributed by atoms with Crippen molar-refractivity contribution in [3.05, 3.63) is 58.3 Å². The number of ether oxygens (including phenoxy) is 1. The lowest BCUT2D eigenvalue weighted by Crippen LogP contribution is -2.50. The molecule has 1 unspecified atom stereocenters. The van der Waals surface area contributed by atoms with Crippen LogP contribution in [0.5, 0.6) is 5.75 Å². The topological polar surface area (TPSA) is 70.1 Å². The summed E-state index contributed by atoms with van der Waals surface area (Å²) >= 11 is 11.7. The van der Waals surface area contributed by atoms with E-state index in [0.717, 1.165) is 12.1 Å². The second-order valence-electron chi connectivity index (χ2n) is 6.68. The van der Waals surface area contributed by atoms with Crippen molar-refractivity contribution < 1.29 is 22.7 Å². The molecule has 6 nitrogen and oxygen atoms in total. The van der Waals surface area contributed by atoms with Crippen LogP contribution < -0.4 is 4.74 Å². The zero-order chi connectivity index (χ0) is 21.0. The number of piperazine rings is 1. The average Bonchev–Trinajstić information content (AvgIpc) is 2.70. The van der Waals surface area contributed by atoms with E-state index in [1.807, 2.05) is 4.90 Å². The zero-order valence-corrected chi connectivity index (χ0v) is 17.8. The fourth-order valence-corrected chi connectivity index (χ4v) is 4.92. The lowest BCUT2D eigenvalue weighted by atomic mass is 10.3. The first-order valence-electron chi connectivity index (χ1n) is 9.00. The molecule has 1 aliphatic rings. The van der Waals surface area contributed by atoms with Gasteiger partial charge in [0.2, 0.25) is 10.0 Å². The molecule has 3 rings (SSSR count). The fraction of sp³-hybridized carbons (Fsp3) is 0.368. The smallest absolute Gasteiger partial charge is 0.243 e. The molecule has 1 heterocycles. The van der Waals surface area contributed by atoms with Crippen molar-refractivity contribution in [3.63, 3.8) is 0 Å². The van der Waals surface area contributed by atoms with Crippen molar-refractivity contribution in [2.45, 2.75) is 11.0 Å². The molecule has 2 aromatic rings. The molecule has 1 aliphatic heterocycles. The number of benzene rings is 2. The van der Waals surface area contributed by atoms with E-state index in [0.29, 0.717) is 30.4 Å². The zero-order valence-electron chi connectivity index (χ0n) is 15.5. The van der Waals surface area contributed by atoms with Gasteiger partial charge in [0.1, 0.15) is 24.3 Å². The second-order valence-corrected chi connectivity index (χ2v) is 9.43. The normalized spacial score (nSPS) is 17.2. The van der Waals surface area contributed by atoms with E-state index in [-0.39, 0.29) is 29.6 Å². The highest BCUT2D eigenvalue weighted by Crippen LogP contribution is 2.24. The lowest BCUT2D eigenvalue weighted by Gasteiger charge is -2.34. The molecule has 10 heteroatoms. The van der Waals surface area contributed by atoms with Gasteiger partial charge in [-0.2, -0.15) is 4.31 Å². The molecule has 0 bridgehead atoms. The minimum Gasteiger partial charge on any atom is -0.489 e. The summed E-state index contributed by atoms with van der Waals surface area (Å²) in [5, 5.41) is 10.5. The maximum absolute atomic E-state index is 13.3. The number of halogens is 3. The number of rotatable bonds is 7. The van der Waals surface area contributed by atoms with Crippen LogP contribution in [0.3, 0.4) is 0 Å². The number of hydrogen-bond acceptors (Lipinski definition) is 5. The van der Waals surface area contributed by atoms with Crippen molar-refractivity contribution in [2.75, 3.05) is 39.3 Å². The SMILES string of the molecule is O=S(=O)(c1ccc(F)c(Cl)c1)N1CCN(CC(O)COc2ccccc2Cl)CC1. The molecule has 0 spiro atoms. The van der Waals surface area contributed by atoms with Gasteiger partial charge in [-0.15, -0.1) is 0 Å². The number of β-amino-alcohol motifs (C(OH)–C–C–N with tert-alkyl or cyclic N) is 1. The van der Waals surface area contributed by atoms with E-state index in [9.17, 15) is 17.9 Å². The summed E-state index contributed by atoms with van der Waals surface area (Å²) in [6, 6.07) is 10.4. The first-order chi connectivity index (χ1) is 13.8. The van der Waals surface area contributed by atoms with Gasteiger partial charge in [0.15, 0.2) is 0 Å². The number of aliphatic hydroxyl groups is 1. The highest BCUT2D eigenvalue weighted by molar-refractivity contribution is 7.89. The lowest BCUT2D eigenvalue weighted by molar-refractivity contribution is 0.0569. The molecule has 0 saturated carbocycles. The summed E-state index contributed by atoms with van der Waals surface area (Å²) in [5.74, 6) is -0.162. The van der Waals surface area contributed by atoms with E-state index < -0.39 is 21.9 Å². The van der Waals surface area contributed by atoms with E-state index in [4.69, 9.17) is 27.9 Å². The number of aliphatic hydroxyl groups excluding tert-OH is 1. The third-order valence-electron chi connectivity index (χ3n) is 4.60. The molecule has 1 fully saturated rings. The van der Waals surface area contributed by atoms with Crippen LogP contribution in [0.1, 0.15) is 0 Å². The largest absolute Gasteiger partial charge is 0.489 e. The third-order valence-corrected chi connectivity index (χ3v) is 7.09. The van der Waals surface area contributed by atoms with Crippen molar-refractivity contribution in [3.8, 4) is 5.75 Å². The van der Waals surface area contributed by atoms with Crippen LogP contribution in [0.15, 0.2) is 47.4 Å². The molecule has 0 aromatic heterocycles. The van der Waals surface area contributed by atoms with Gasteiger partial charge in [-0.3, -0.25) is 4.90 Å². The molecule has 158 valence electrons. The number of para-hydroxylation sites is 1. The molecule has 2 aromatic carbocycles. The first-order valence-corrected chi connectivity index (χ1v) is 11.2. The molecular weight excluding hydrogens is 442 g/mol. The first kappa shape index (κ1) is 22.3. The summed E-state index contributed by atoms with van der Waals surface area (Å²) in [7, 11) is -3.75. The Morgan fingerprint density at radius 2 is 1.76 bits per heavy atom. The van der Waals surface area contributed by atoms with Crippen molar-refractivity contribution in [2.24, 2.45) is 0 Å². The van der Waals surface area contributed by atoms with E-state index in [1.165, 1.54) is 10.4 Å². The van der Waals surface area contributed by atoms with Crippen LogP contribution in [0.2, 0.25) is 10.0 Å². The predicted octanol–water partition coefficient (Wildman–Crippen LogP) is 2.88. The van der Waals surface area contributed by atoms with E-state index >= 15 is 0 Å². The molecule has 0 amide bonds. The standard InChI is InChI=1S/C19H21Cl2FN2O4S/c20-16-3-1-2-4-19(16)28-13-14(25)12-23-7-9-24(10-8-23)29(26,27)15-5-6-18(22)17(21)11-15/h1-6,11,14,25H,7-10,12-13H2. The Bertz CT molecular complexity index is 953. The molecule has 1 N–H and O–H groups in total. The van der Waals surface area contributed by atoms with Gasteiger partial charge < -0.3 is 9.84 Å². The monoisotopic (exact) mass is 462 g/mol. The average molecular weight is 463 g/mol. The quantitative estimate of drug-likeness (QED) is 0.684. The molecule has 0 radical (unpaired) electrons.